The Balaban J connectivity index is 2.09. The molecule has 0 spiro atoms. The molecule has 0 bridgehead atoms. The topological polar surface area (TPSA) is 67.9 Å². The molecule has 5 nitrogen and oxygen atoms in total. The van der Waals surface area contributed by atoms with Gasteiger partial charge in [0, 0.05) is 12.2 Å². The lowest BCUT2D eigenvalue weighted by Gasteiger charge is -2.19. The number of thioether (sulfide) groups is 1. The van der Waals surface area contributed by atoms with Crippen LogP contribution in [0.2, 0.25) is 0 Å². The van der Waals surface area contributed by atoms with Gasteiger partial charge in [-0.2, -0.15) is 10.3 Å². The lowest BCUT2D eigenvalue weighted by atomic mass is 10.2. The van der Waals surface area contributed by atoms with E-state index in [-0.39, 0.29) is 5.97 Å². The predicted octanol–water partition coefficient (Wildman–Crippen LogP) is 2.02. The second kappa shape index (κ2) is 5.89. The van der Waals surface area contributed by atoms with Gasteiger partial charge in [0.1, 0.15) is 10.6 Å². The summed E-state index contributed by atoms with van der Waals surface area (Å²) in [5.74, 6) is 0.694. The average Bonchev–Trinajstić information content (AvgIpc) is 2.62. The minimum Gasteiger partial charge on any atom is -0.460 e. The fraction of sp³-hybridized carbons (Fsp3) is 0.700. The Kier molecular flexibility index (Phi) is 4.79. The first-order chi connectivity index (χ1) is 7.47. The number of aromatic nitrogens is 3. The highest BCUT2D eigenvalue weighted by atomic mass is 32.2. The minimum atomic E-state index is -0.393. The molecule has 1 N–H and O–H groups in total. The molecule has 0 amide bonds. The quantitative estimate of drug-likeness (QED) is 0.487. The normalized spacial score (nSPS) is 11.4. The number of hydrogen-bond donors (Lipinski definition) is 1. The minimum absolute atomic E-state index is 0.145. The van der Waals surface area contributed by atoms with Crippen LogP contribution in [-0.4, -0.2) is 32.7 Å². The number of esters is 1. The lowest BCUT2D eigenvalue weighted by molar-refractivity contribution is -0.154. The first-order valence-electron chi connectivity index (χ1n) is 5.18. The molecule has 1 aromatic rings. The summed E-state index contributed by atoms with van der Waals surface area (Å²) >= 11 is 1.57. The van der Waals surface area contributed by atoms with Crippen molar-refractivity contribution >= 4 is 17.7 Å². The highest BCUT2D eigenvalue weighted by Crippen LogP contribution is 2.15. The molecule has 0 fully saturated rings. The number of rotatable bonds is 5. The maximum absolute atomic E-state index is 11.4. The molecule has 0 aromatic carbocycles. The molecule has 0 atom stereocenters. The summed E-state index contributed by atoms with van der Waals surface area (Å²) < 4.78 is 5.19. The standard InChI is InChI=1S/C10H17N3O2S/c1-10(2,3)15-9(14)5-4-6-16-8-7-11-13-12-8/h7H,4-6H2,1-3H3,(H,11,12,13). The molecule has 0 aliphatic rings. The monoisotopic (exact) mass is 243 g/mol. The molecule has 90 valence electrons. The van der Waals surface area contributed by atoms with Gasteiger partial charge in [-0.1, -0.05) is 0 Å². The van der Waals surface area contributed by atoms with Crippen molar-refractivity contribution in [1.29, 1.82) is 0 Å². The van der Waals surface area contributed by atoms with Gasteiger partial charge >= 0.3 is 5.97 Å². The van der Waals surface area contributed by atoms with E-state index in [1.54, 1.807) is 18.0 Å². The number of carbonyl (C=O) groups is 1. The van der Waals surface area contributed by atoms with Crippen molar-refractivity contribution in [3.8, 4) is 0 Å². The lowest BCUT2D eigenvalue weighted by Crippen LogP contribution is -2.23. The van der Waals surface area contributed by atoms with Crippen LogP contribution in [0.1, 0.15) is 33.6 Å². The van der Waals surface area contributed by atoms with Gasteiger partial charge in [-0.3, -0.25) is 4.79 Å². The highest BCUT2D eigenvalue weighted by Gasteiger charge is 2.15. The van der Waals surface area contributed by atoms with Gasteiger partial charge in [-0.25, -0.2) is 0 Å². The molecule has 1 rings (SSSR count). The van der Waals surface area contributed by atoms with E-state index < -0.39 is 5.60 Å². The summed E-state index contributed by atoms with van der Waals surface area (Å²) in [4.78, 5) is 11.4. The summed E-state index contributed by atoms with van der Waals surface area (Å²) in [7, 11) is 0. The van der Waals surface area contributed by atoms with Gasteiger partial charge < -0.3 is 4.74 Å². The number of nitrogens with one attached hydrogen (secondary N) is 1. The van der Waals surface area contributed by atoms with Gasteiger partial charge in [0.2, 0.25) is 0 Å². The number of ether oxygens (including phenoxy) is 1. The smallest absolute Gasteiger partial charge is 0.306 e. The van der Waals surface area contributed by atoms with Gasteiger partial charge in [0.05, 0.1) is 6.20 Å². The first-order valence-corrected chi connectivity index (χ1v) is 6.16. The van der Waals surface area contributed by atoms with Crippen molar-refractivity contribution in [3.05, 3.63) is 6.20 Å². The second-order valence-corrected chi connectivity index (χ2v) is 5.46. The third kappa shape index (κ3) is 5.75. The zero-order valence-electron chi connectivity index (χ0n) is 9.82. The molecule has 0 unspecified atom stereocenters. The summed E-state index contributed by atoms with van der Waals surface area (Å²) in [6.07, 6.45) is 2.90. The number of hydrogen-bond acceptors (Lipinski definition) is 5. The zero-order chi connectivity index (χ0) is 12.0. The highest BCUT2D eigenvalue weighted by molar-refractivity contribution is 7.99. The van der Waals surface area contributed by atoms with Crippen molar-refractivity contribution < 1.29 is 9.53 Å². The van der Waals surface area contributed by atoms with Crippen LogP contribution in [0.25, 0.3) is 0 Å². The van der Waals surface area contributed by atoms with Crippen molar-refractivity contribution in [2.45, 2.75) is 44.2 Å². The molecule has 0 aliphatic heterocycles. The van der Waals surface area contributed by atoms with Crippen LogP contribution in [0.4, 0.5) is 0 Å². The molecule has 1 aromatic heterocycles. The SMILES string of the molecule is CC(C)(C)OC(=O)CCCSc1cn[nH]n1. The van der Waals surface area contributed by atoms with Crippen LogP contribution >= 0.6 is 11.8 Å². The van der Waals surface area contributed by atoms with Crippen molar-refractivity contribution in [2.75, 3.05) is 5.75 Å². The third-order valence-corrected chi connectivity index (χ3v) is 2.57. The molecule has 16 heavy (non-hydrogen) atoms. The number of carbonyl (C=O) groups excluding carboxylic acids is 1. The van der Waals surface area contributed by atoms with E-state index in [2.05, 4.69) is 15.4 Å². The Labute approximate surface area is 99.3 Å². The van der Waals surface area contributed by atoms with Gasteiger partial charge in [-0.15, -0.1) is 16.9 Å². The fourth-order valence-electron chi connectivity index (χ4n) is 1.05. The number of H-pyrrole nitrogens is 1. The predicted molar refractivity (Wildman–Crippen MR) is 62.2 cm³/mol. The van der Waals surface area contributed by atoms with E-state index in [9.17, 15) is 4.79 Å². The van der Waals surface area contributed by atoms with E-state index >= 15 is 0 Å². The molecule has 0 saturated carbocycles. The Hall–Kier alpha value is -1.04. The summed E-state index contributed by atoms with van der Waals surface area (Å²) in [5, 5.41) is 11.0. The fourth-order valence-corrected chi connectivity index (χ4v) is 1.78. The van der Waals surface area contributed by atoms with E-state index in [0.29, 0.717) is 6.42 Å². The second-order valence-electron chi connectivity index (χ2n) is 4.35. The summed E-state index contributed by atoms with van der Waals surface area (Å²) in [5.41, 5.74) is -0.393. The Morgan fingerprint density at radius 2 is 2.31 bits per heavy atom. The van der Waals surface area contributed by atoms with E-state index in [0.717, 1.165) is 17.2 Å². The molecule has 0 aliphatic carbocycles. The molecular formula is C10H17N3O2S. The van der Waals surface area contributed by atoms with Crippen LogP contribution in [0.5, 0.6) is 0 Å². The molecule has 0 radical (unpaired) electrons. The van der Waals surface area contributed by atoms with Gasteiger partial charge in [0.15, 0.2) is 0 Å². The maximum Gasteiger partial charge on any atom is 0.306 e. The van der Waals surface area contributed by atoms with Crippen LogP contribution in [0, 0.1) is 0 Å². The molecule has 6 heteroatoms. The van der Waals surface area contributed by atoms with Crippen molar-refractivity contribution in [2.24, 2.45) is 0 Å². The average molecular weight is 243 g/mol. The van der Waals surface area contributed by atoms with E-state index in [1.807, 2.05) is 20.8 Å². The Morgan fingerprint density at radius 1 is 1.56 bits per heavy atom. The van der Waals surface area contributed by atoms with Crippen molar-refractivity contribution in [3.63, 3.8) is 0 Å². The summed E-state index contributed by atoms with van der Waals surface area (Å²) in [6.45, 7) is 5.61. The summed E-state index contributed by atoms with van der Waals surface area (Å²) in [6, 6.07) is 0. The van der Waals surface area contributed by atoms with E-state index in [1.165, 1.54) is 0 Å². The van der Waals surface area contributed by atoms with E-state index in [4.69, 9.17) is 4.74 Å². The van der Waals surface area contributed by atoms with Crippen molar-refractivity contribution in [1.82, 2.24) is 15.4 Å². The third-order valence-electron chi connectivity index (χ3n) is 1.59. The number of aromatic amines is 1. The zero-order valence-corrected chi connectivity index (χ0v) is 10.6. The van der Waals surface area contributed by atoms with Gasteiger partial charge in [0.25, 0.3) is 0 Å². The molecule has 0 saturated heterocycles. The first kappa shape index (κ1) is 13.0. The van der Waals surface area contributed by atoms with Crippen LogP contribution in [0.3, 0.4) is 0 Å². The van der Waals surface area contributed by atoms with Crippen LogP contribution in [0.15, 0.2) is 11.2 Å². The Bertz CT molecular complexity index is 319. The van der Waals surface area contributed by atoms with Crippen LogP contribution < -0.4 is 0 Å². The molecular weight excluding hydrogens is 226 g/mol. The maximum atomic E-state index is 11.4. The van der Waals surface area contributed by atoms with Gasteiger partial charge in [-0.05, 0) is 27.2 Å². The van der Waals surface area contributed by atoms with Crippen LogP contribution in [-0.2, 0) is 9.53 Å². The largest absolute Gasteiger partial charge is 0.460 e. The number of nitrogens with zero attached hydrogens (tertiary/aromatic N) is 2. The Morgan fingerprint density at radius 3 is 2.88 bits per heavy atom. The molecule has 1 heterocycles.